The summed E-state index contributed by atoms with van der Waals surface area (Å²) in [6, 6.07) is 8.09. The van der Waals surface area contributed by atoms with Crippen LogP contribution in [0, 0.1) is 0 Å². The Morgan fingerprint density at radius 3 is 2.70 bits per heavy atom. The van der Waals surface area contributed by atoms with E-state index >= 15 is 0 Å². The Bertz CT molecular complexity index is 544. The van der Waals surface area contributed by atoms with Crippen molar-refractivity contribution in [2.24, 2.45) is 0 Å². The van der Waals surface area contributed by atoms with Crippen LogP contribution in [-0.2, 0) is 5.75 Å². The summed E-state index contributed by atoms with van der Waals surface area (Å²) in [6.07, 6.45) is 0.231. The van der Waals surface area contributed by atoms with Gasteiger partial charge in [-0.05, 0) is 30.7 Å². The first-order valence-electron chi connectivity index (χ1n) is 6.49. The quantitative estimate of drug-likeness (QED) is 0.792. The second-order valence-corrected chi connectivity index (χ2v) is 6.52. The van der Waals surface area contributed by atoms with Crippen molar-refractivity contribution >= 4 is 27.7 Å². The molecule has 108 valence electrons. The zero-order valence-corrected chi connectivity index (χ0v) is 13.8. The summed E-state index contributed by atoms with van der Waals surface area (Å²) in [5.74, 6) is 1.69. The van der Waals surface area contributed by atoms with E-state index in [1.54, 1.807) is 11.8 Å². The Kier molecular flexibility index (Phi) is 5.63. The van der Waals surface area contributed by atoms with Gasteiger partial charge in [0.05, 0.1) is 17.8 Å². The van der Waals surface area contributed by atoms with Gasteiger partial charge in [0, 0.05) is 9.37 Å². The SMILES string of the molecule is CCC(O)C(C)c1nc(CSc2ccc(Br)cc2)no1. The van der Waals surface area contributed by atoms with Crippen molar-refractivity contribution in [2.75, 3.05) is 0 Å². The van der Waals surface area contributed by atoms with E-state index in [0.29, 0.717) is 23.9 Å². The highest BCUT2D eigenvalue weighted by molar-refractivity contribution is 9.10. The van der Waals surface area contributed by atoms with Crippen LogP contribution in [-0.4, -0.2) is 21.4 Å². The Hall–Kier alpha value is -0.850. The molecule has 20 heavy (non-hydrogen) atoms. The molecule has 0 amide bonds. The van der Waals surface area contributed by atoms with Crippen LogP contribution in [0.5, 0.6) is 0 Å². The zero-order valence-electron chi connectivity index (χ0n) is 11.4. The van der Waals surface area contributed by atoms with Crippen molar-refractivity contribution in [3.8, 4) is 0 Å². The molecule has 2 aromatic rings. The van der Waals surface area contributed by atoms with Gasteiger partial charge in [-0.15, -0.1) is 11.8 Å². The fourth-order valence-corrected chi connectivity index (χ4v) is 2.71. The van der Waals surface area contributed by atoms with Crippen LogP contribution in [0.3, 0.4) is 0 Å². The number of aromatic nitrogens is 2. The molecule has 2 rings (SSSR count). The first-order chi connectivity index (χ1) is 9.60. The molecule has 0 saturated heterocycles. The molecule has 0 saturated carbocycles. The second kappa shape index (κ2) is 7.24. The van der Waals surface area contributed by atoms with Gasteiger partial charge in [0.25, 0.3) is 0 Å². The predicted molar refractivity (Wildman–Crippen MR) is 82.7 cm³/mol. The predicted octanol–water partition coefficient (Wildman–Crippen LogP) is 4.00. The van der Waals surface area contributed by atoms with Crippen LogP contribution >= 0.6 is 27.7 Å². The van der Waals surface area contributed by atoms with Crippen molar-refractivity contribution in [1.82, 2.24) is 10.1 Å². The minimum absolute atomic E-state index is 0.126. The van der Waals surface area contributed by atoms with E-state index in [4.69, 9.17) is 4.52 Å². The molecule has 6 heteroatoms. The van der Waals surface area contributed by atoms with Gasteiger partial charge in [0.1, 0.15) is 0 Å². The van der Waals surface area contributed by atoms with E-state index in [9.17, 15) is 5.11 Å². The summed E-state index contributed by atoms with van der Waals surface area (Å²) in [7, 11) is 0. The van der Waals surface area contributed by atoms with Gasteiger partial charge in [-0.25, -0.2) is 0 Å². The molecule has 1 N–H and O–H groups in total. The molecule has 0 spiro atoms. The van der Waals surface area contributed by atoms with Gasteiger partial charge in [0.15, 0.2) is 5.82 Å². The van der Waals surface area contributed by atoms with Gasteiger partial charge >= 0.3 is 0 Å². The average Bonchev–Trinajstić information content (AvgIpc) is 2.94. The highest BCUT2D eigenvalue weighted by atomic mass is 79.9. The second-order valence-electron chi connectivity index (χ2n) is 4.56. The average molecular weight is 357 g/mol. The van der Waals surface area contributed by atoms with E-state index in [2.05, 4.69) is 26.1 Å². The van der Waals surface area contributed by atoms with Gasteiger partial charge in [-0.2, -0.15) is 4.98 Å². The third-order valence-corrected chi connectivity index (χ3v) is 4.59. The van der Waals surface area contributed by atoms with Gasteiger partial charge < -0.3 is 9.63 Å². The standard InChI is InChI=1S/C14H17BrN2O2S/c1-3-12(18)9(2)14-16-13(17-19-14)8-20-11-6-4-10(15)5-7-11/h4-7,9,12,18H,3,8H2,1-2H3. The molecule has 4 nitrogen and oxygen atoms in total. The lowest BCUT2D eigenvalue weighted by molar-refractivity contribution is 0.129. The van der Waals surface area contributed by atoms with Crippen LogP contribution in [0.4, 0.5) is 0 Å². The van der Waals surface area contributed by atoms with Gasteiger partial charge in [0.2, 0.25) is 5.89 Å². The largest absolute Gasteiger partial charge is 0.392 e. The summed E-state index contributed by atoms with van der Waals surface area (Å²) < 4.78 is 6.28. The normalized spacial score (nSPS) is 14.2. The maximum Gasteiger partial charge on any atom is 0.232 e. The Balaban J connectivity index is 1.94. The van der Waals surface area contributed by atoms with Crippen molar-refractivity contribution in [3.63, 3.8) is 0 Å². The lowest BCUT2D eigenvalue weighted by Crippen LogP contribution is -2.14. The third-order valence-electron chi connectivity index (χ3n) is 3.05. The minimum atomic E-state index is -0.442. The first-order valence-corrected chi connectivity index (χ1v) is 8.27. The molecule has 1 aromatic heterocycles. The highest BCUT2D eigenvalue weighted by Gasteiger charge is 2.20. The van der Waals surface area contributed by atoms with Crippen LogP contribution in [0.1, 0.15) is 37.9 Å². The maximum atomic E-state index is 9.79. The summed E-state index contributed by atoms with van der Waals surface area (Å²) in [6.45, 7) is 3.83. The third kappa shape index (κ3) is 4.07. The number of aliphatic hydroxyl groups is 1. The maximum absolute atomic E-state index is 9.79. The molecule has 1 heterocycles. The molecule has 1 aromatic carbocycles. The fraction of sp³-hybridized carbons (Fsp3) is 0.429. The van der Waals surface area contributed by atoms with Crippen LogP contribution in [0.15, 0.2) is 38.2 Å². The topological polar surface area (TPSA) is 59.2 Å². The lowest BCUT2D eigenvalue weighted by Gasteiger charge is -2.11. The summed E-state index contributed by atoms with van der Waals surface area (Å²) in [5.41, 5.74) is 0. The Morgan fingerprint density at radius 1 is 1.35 bits per heavy atom. The fourth-order valence-electron chi connectivity index (χ4n) is 1.71. The molecular weight excluding hydrogens is 340 g/mol. The number of nitrogens with zero attached hydrogens (tertiary/aromatic N) is 2. The molecule has 0 aliphatic rings. The molecule has 2 atom stereocenters. The number of aliphatic hydroxyl groups excluding tert-OH is 1. The number of benzene rings is 1. The van der Waals surface area contributed by atoms with Crippen LogP contribution < -0.4 is 0 Å². The van der Waals surface area contributed by atoms with E-state index in [1.165, 1.54) is 0 Å². The first kappa shape index (κ1) is 15.5. The van der Waals surface area contributed by atoms with E-state index in [0.717, 1.165) is 9.37 Å². The number of rotatable bonds is 6. The van der Waals surface area contributed by atoms with Crippen molar-refractivity contribution in [3.05, 3.63) is 40.5 Å². The van der Waals surface area contributed by atoms with E-state index in [1.807, 2.05) is 38.1 Å². The molecular formula is C14H17BrN2O2S. The van der Waals surface area contributed by atoms with Crippen molar-refractivity contribution < 1.29 is 9.63 Å². The summed E-state index contributed by atoms with van der Waals surface area (Å²) >= 11 is 5.06. The minimum Gasteiger partial charge on any atom is -0.392 e. The van der Waals surface area contributed by atoms with Gasteiger partial charge in [-0.3, -0.25) is 0 Å². The van der Waals surface area contributed by atoms with Gasteiger partial charge in [-0.1, -0.05) is 34.9 Å². The zero-order chi connectivity index (χ0) is 14.5. The molecule has 0 radical (unpaired) electrons. The number of halogens is 1. The Morgan fingerprint density at radius 2 is 2.05 bits per heavy atom. The highest BCUT2D eigenvalue weighted by Crippen LogP contribution is 2.25. The van der Waals surface area contributed by atoms with E-state index in [-0.39, 0.29) is 5.92 Å². The number of hydrogen-bond donors (Lipinski definition) is 1. The van der Waals surface area contributed by atoms with Crippen LogP contribution in [0.2, 0.25) is 0 Å². The summed E-state index contributed by atoms with van der Waals surface area (Å²) in [5, 5.41) is 13.7. The molecule has 0 fully saturated rings. The molecule has 0 aliphatic carbocycles. The smallest absolute Gasteiger partial charge is 0.232 e. The lowest BCUT2D eigenvalue weighted by atomic mass is 10.0. The number of hydrogen-bond acceptors (Lipinski definition) is 5. The van der Waals surface area contributed by atoms with Crippen molar-refractivity contribution in [1.29, 1.82) is 0 Å². The molecule has 0 bridgehead atoms. The van der Waals surface area contributed by atoms with Crippen LogP contribution in [0.25, 0.3) is 0 Å². The number of thioether (sulfide) groups is 1. The monoisotopic (exact) mass is 356 g/mol. The van der Waals surface area contributed by atoms with Crippen molar-refractivity contribution in [2.45, 2.75) is 42.9 Å². The molecule has 0 aliphatic heterocycles. The summed E-state index contributed by atoms with van der Waals surface area (Å²) in [4.78, 5) is 5.50. The molecule has 2 unspecified atom stereocenters. The Labute approximate surface area is 131 Å². The van der Waals surface area contributed by atoms with E-state index < -0.39 is 6.10 Å².